The molecule has 0 heteroatoms. The van der Waals surface area contributed by atoms with E-state index in [9.17, 15) is 0 Å². The summed E-state index contributed by atoms with van der Waals surface area (Å²) in [6.07, 6.45) is 12.0. The van der Waals surface area contributed by atoms with Gasteiger partial charge in [0.2, 0.25) is 0 Å². The van der Waals surface area contributed by atoms with Crippen LogP contribution in [0.1, 0.15) is 20.8 Å². The first-order valence-corrected chi connectivity index (χ1v) is 3.34. The smallest absolute Gasteiger partial charge is 0.0222 e. The van der Waals surface area contributed by atoms with Crippen LogP contribution >= 0.6 is 0 Å². The first-order chi connectivity index (χ1) is 4.72. The van der Waals surface area contributed by atoms with Gasteiger partial charge in [-0.3, -0.25) is 0 Å². The van der Waals surface area contributed by atoms with Gasteiger partial charge in [0.25, 0.3) is 0 Å². The van der Waals surface area contributed by atoms with E-state index in [1.165, 1.54) is 5.57 Å². The lowest BCUT2D eigenvalue weighted by Crippen LogP contribution is -1.87. The fourth-order valence-corrected chi connectivity index (χ4v) is 0.687. The van der Waals surface area contributed by atoms with Crippen molar-refractivity contribution < 1.29 is 0 Å². The fourth-order valence-electron chi connectivity index (χ4n) is 0.687. The number of hydrogen-bond acceptors (Lipinski definition) is 0. The summed E-state index contributed by atoms with van der Waals surface area (Å²) in [6.45, 7) is 10.1. The maximum Gasteiger partial charge on any atom is -0.0222 e. The predicted octanol–water partition coefficient (Wildman–Crippen LogP) is 3.02. The maximum absolute atomic E-state index is 4.00. The molecule has 0 spiro atoms. The van der Waals surface area contributed by atoms with Crippen LogP contribution in [0.3, 0.4) is 0 Å². The third kappa shape index (κ3) is 5.18. The van der Waals surface area contributed by atoms with E-state index < -0.39 is 0 Å². The topological polar surface area (TPSA) is 0 Å². The Balaban J connectivity index is 0. The second-order valence-electron chi connectivity index (χ2n) is 2.15. The number of rotatable bonds is 2. The van der Waals surface area contributed by atoms with Crippen molar-refractivity contribution in [2.75, 3.05) is 0 Å². The van der Waals surface area contributed by atoms with E-state index in [0.717, 1.165) is 0 Å². The van der Waals surface area contributed by atoms with Crippen LogP contribution in [-0.4, -0.2) is 0 Å². The summed E-state index contributed by atoms with van der Waals surface area (Å²) in [5.74, 6) is 0.623. The molecule has 0 saturated carbocycles. The zero-order valence-electron chi connectivity index (χ0n) is 7.09. The van der Waals surface area contributed by atoms with Crippen molar-refractivity contribution in [1.82, 2.24) is 0 Å². The molecule has 0 N–H and O–H groups in total. The predicted molar refractivity (Wildman–Crippen MR) is 48.7 cm³/mol. The Labute approximate surface area is 64.6 Å². The van der Waals surface area contributed by atoms with Crippen LogP contribution in [0, 0.1) is 18.8 Å². The molecule has 56 valence electrons. The van der Waals surface area contributed by atoms with Gasteiger partial charge in [-0.25, -0.2) is 0 Å². The highest BCUT2D eigenvalue weighted by atomic mass is 14.0. The van der Waals surface area contributed by atoms with Gasteiger partial charge in [0, 0.05) is 0 Å². The molecule has 0 radical (unpaired) electrons. The van der Waals surface area contributed by atoms with E-state index >= 15 is 0 Å². The lowest BCUT2D eigenvalue weighted by atomic mass is 10.0. The van der Waals surface area contributed by atoms with Crippen molar-refractivity contribution in [3.05, 3.63) is 24.3 Å². The highest BCUT2D eigenvalue weighted by Crippen LogP contribution is 2.08. The van der Waals surface area contributed by atoms with Gasteiger partial charge < -0.3 is 0 Å². The van der Waals surface area contributed by atoms with Gasteiger partial charge in [0.05, 0.1) is 0 Å². The molecule has 0 aromatic rings. The first-order valence-electron chi connectivity index (χ1n) is 3.34. The van der Waals surface area contributed by atoms with Crippen molar-refractivity contribution in [1.29, 1.82) is 0 Å². The Hall–Kier alpha value is -0.960. The van der Waals surface area contributed by atoms with Crippen LogP contribution in [0.2, 0.25) is 0 Å². The van der Waals surface area contributed by atoms with Crippen LogP contribution in [0.15, 0.2) is 24.3 Å². The number of allylic oxidation sites excluding steroid dienone is 3. The van der Waals surface area contributed by atoms with Crippen LogP contribution in [0.5, 0.6) is 0 Å². The zero-order valence-corrected chi connectivity index (χ0v) is 7.09. The first kappa shape index (κ1) is 11.8. The Morgan fingerprint density at radius 1 is 1.40 bits per heavy atom. The van der Waals surface area contributed by atoms with Gasteiger partial charge in [-0.2, -0.15) is 0 Å². The van der Waals surface area contributed by atoms with Gasteiger partial charge in [-0.05, 0) is 12.8 Å². The van der Waals surface area contributed by atoms with Gasteiger partial charge >= 0.3 is 0 Å². The molecule has 0 bridgehead atoms. The molecule has 10 heavy (non-hydrogen) atoms. The largest absolute Gasteiger partial charge is 0.124 e. The third-order valence-corrected chi connectivity index (χ3v) is 1.24. The SMILES string of the molecule is C#C.C=C/C(=C\C)C(C)C. The minimum absolute atomic E-state index is 0.623. The summed E-state index contributed by atoms with van der Waals surface area (Å²) in [5.41, 5.74) is 1.32. The van der Waals surface area contributed by atoms with Crippen LogP contribution in [-0.2, 0) is 0 Å². The Morgan fingerprint density at radius 3 is 1.80 bits per heavy atom. The van der Waals surface area contributed by atoms with Crippen molar-refractivity contribution in [3.63, 3.8) is 0 Å². The highest BCUT2D eigenvalue weighted by molar-refractivity contribution is 5.16. The van der Waals surface area contributed by atoms with E-state index in [4.69, 9.17) is 0 Å². The molecule has 0 nitrogen and oxygen atoms in total. The van der Waals surface area contributed by atoms with Crippen molar-refractivity contribution in [2.45, 2.75) is 20.8 Å². The Bertz CT molecular complexity index is 124. The van der Waals surface area contributed by atoms with Gasteiger partial charge in [-0.1, -0.05) is 38.2 Å². The molecule has 0 unspecified atom stereocenters. The van der Waals surface area contributed by atoms with Crippen molar-refractivity contribution in [3.8, 4) is 12.8 Å². The van der Waals surface area contributed by atoms with E-state index in [2.05, 4.69) is 39.3 Å². The fraction of sp³-hybridized carbons (Fsp3) is 0.400. The molecule has 0 amide bonds. The molecule has 0 fully saturated rings. The van der Waals surface area contributed by atoms with Crippen molar-refractivity contribution >= 4 is 0 Å². The molecule has 0 aliphatic carbocycles. The number of hydrogen-bond donors (Lipinski definition) is 0. The van der Waals surface area contributed by atoms with Gasteiger partial charge in [-0.15, -0.1) is 12.8 Å². The van der Waals surface area contributed by atoms with Crippen molar-refractivity contribution in [2.24, 2.45) is 5.92 Å². The molecule has 0 rings (SSSR count). The lowest BCUT2D eigenvalue weighted by Gasteiger charge is -2.02. The molecule has 0 aromatic heterocycles. The molecule has 0 aliphatic rings. The summed E-state index contributed by atoms with van der Waals surface area (Å²) in [6, 6.07) is 0. The normalized spacial score (nSPS) is 10.0. The molecule has 0 aliphatic heterocycles. The van der Waals surface area contributed by atoms with Crippen LogP contribution < -0.4 is 0 Å². The third-order valence-electron chi connectivity index (χ3n) is 1.24. The summed E-state index contributed by atoms with van der Waals surface area (Å²) in [5, 5.41) is 0. The Kier molecular flexibility index (Phi) is 9.48. The second kappa shape index (κ2) is 8.04. The molecule has 0 heterocycles. The van der Waals surface area contributed by atoms with E-state index in [-0.39, 0.29) is 0 Å². The molecule has 0 aromatic carbocycles. The minimum atomic E-state index is 0.623. The van der Waals surface area contributed by atoms with Crippen LogP contribution in [0.25, 0.3) is 0 Å². The standard InChI is InChI=1S/C8H14.C2H2/c1-5-8(6-2)7(3)4;1-2/h5-7H,1H2,2-4H3;1-2H/b8-6+;. The summed E-state index contributed by atoms with van der Waals surface area (Å²) < 4.78 is 0. The van der Waals surface area contributed by atoms with Crippen LogP contribution in [0.4, 0.5) is 0 Å². The monoisotopic (exact) mass is 136 g/mol. The van der Waals surface area contributed by atoms with E-state index in [1.54, 1.807) is 0 Å². The average molecular weight is 136 g/mol. The summed E-state index contributed by atoms with van der Waals surface area (Å²) in [4.78, 5) is 0. The zero-order chi connectivity index (χ0) is 8.57. The Morgan fingerprint density at radius 2 is 1.80 bits per heavy atom. The quantitative estimate of drug-likeness (QED) is 0.404. The number of terminal acetylenes is 1. The molecule has 0 saturated heterocycles. The lowest BCUT2D eigenvalue weighted by molar-refractivity contribution is 0.790. The molecular formula is C10H16. The van der Waals surface area contributed by atoms with E-state index in [1.807, 2.05) is 13.0 Å². The van der Waals surface area contributed by atoms with Gasteiger partial charge in [0.1, 0.15) is 0 Å². The summed E-state index contributed by atoms with van der Waals surface area (Å²) in [7, 11) is 0. The summed E-state index contributed by atoms with van der Waals surface area (Å²) >= 11 is 0. The average Bonchev–Trinajstić information content (AvgIpc) is 1.94. The second-order valence-corrected chi connectivity index (χ2v) is 2.15. The molecule has 0 atom stereocenters. The van der Waals surface area contributed by atoms with E-state index in [0.29, 0.717) is 5.92 Å². The minimum Gasteiger partial charge on any atom is -0.124 e. The molecular weight excluding hydrogens is 120 g/mol. The maximum atomic E-state index is 4.00. The van der Waals surface area contributed by atoms with Gasteiger partial charge in [0.15, 0.2) is 0 Å². The highest BCUT2D eigenvalue weighted by Gasteiger charge is 1.93.